The normalized spacial score (nSPS) is 9.33. The topological polar surface area (TPSA) is 51.8 Å². The first kappa shape index (κ1) is 8.74. The first-order valence-electron chi connectivity index (χ1n) is 3.32. The molecule has 0 unspecified atom stereocenters. The molecule has 2 aromatic rings. The Bertz CT molecular complexity index is 383. The fraction of sp³-hybridized carbons (Fsp3) is 0. The largest absolute Gasteiger partial charge is 0.397 e. The van der Waals surface area contributed by atoms with Crippen molar-refractivity contribution in [2.45, 2.75) is 0 Å². The summed E-state index contributed by atoms with van der Waals surface area (Å²) < 4.78 is 0. The van der Waals surface area contributed by atoms with Crippen molar-refractivity contribution >= 4 is 29.0 Å². The van der Waals surface area contributed by atoms with Gasteiger partial charge in [-0.1, -0.05) is 12.1 Å². The number of nitrogens with two attached hydrogens (primary N) is 1. The van der Waals surface area contributed by atoms with E-state index >= 15 is 0 Å². The standard InChI is InChI=1S/C8H7N3.ClH/c9-7-3-1-2-6-4-10-5-11-8(6)7;/h1-5H,9H2;1H. The summed E-state index contributed by atoms with van der Waals surface area (Å²) in [6.07, 6.45) is 3.25. The Morgan fingerprint density at radius 3 is 2.83 bits per heavy atom. The quantitative estimate of drug-likeness (QED) is 0.629. The maximum atomic E-state index is 5.67. The van der Waals surface area contributed by atoms with Gasteiger partial charge in [-0.25, -0.2) is 9.97 Å². The smallest absolute Gasteiger partial charge is 0.116 e. The average Bonchev–Trinajstić information content (AvgIpc) is 2.06. The highest BCUT2D eigenvalue weighted by Gasteiger charge is 1.95. The van der Waals surface area contributed by atoms with Gasteiger partial charge in [-0.15, -0.1) is 12.4 Å². The minimum absolute atomic E-state index is 0. The molecule has 0 radical (unpaired) electrons. The third-order valence-electron chi connectivity index (χ3n) is 1.57. The van der Waals surface area contributed by atoms with Gasteiger partial charge in [0.15, 0.2) is 0 Å². The van der Waals surface area contributed by atoms with Crippen LogP contribution in [0.2, 0.25) is 0 Å². The third kappa shape index (κ3) is 1.31. The number of fused-ring (bicyclic) bond motifs is 1. The number of halogens is 1. The molecule has 2 rings (SSSR count). The van der Waals surface area contributed by atoms with Gasteiger partial charge in [0, 0.05) is 11.6 Å². The van der Waals surface area contributed by atoms with E-state index in [1.165, 1.54) is 6.33 Å². The summed E-state index contributed by atoms with van der Waals surface area (Å²) in [5.41, 5.74) is 7.19. The Morgan fingerprint density at radius 1 is 1.25 bits per heavy atom. The Labute approximate surface area is 76.0 Å². The fourth-order valence-electron chi connectivity index (χ4n) is 1.04. The van der Waals surface area contributed by atoms with Crippen molar-refractivity contribution in [1.82, 2.24) is 9.97 Å². The lowest BCUT2D eigenvalue weighted by molar-refractivity contribution is 1.22. The second-order valence-corrected chi connectivity index (χ2v) is 2.31. The summed E-state index contributed by atoms with van der Waals surface area (Å²) in [5, 5.41) is 0.979. The molecule has 0 aliphatic heterocycles. The Kier molecular flexibility index (Phi) is 2.45. The minimum atomic E-state index is 0. The van der Waals surface area contributed by atoms with E-state index in [0.717, 1.165) is 10.9 Å². The zero-order valence-electron chi connectivity index (χ0n) is 6.27. The van der Waals surface area contributed by atoms with Crippen LogP contribution >= 0.6 is 12.4 Å². The zero-order valence-corrected chi connectivity index (χ0v) is 7.08. The SMILES string of the molecule is Cl.Nc1cccc2cncnc12. The van der Waals surface area contributed by atoms with E-state index in [1.54, 1.807) is 6.20 Å². The molecule has 1 aromatic carbocycles. The molecule has 0 fully saturated rings. The van der Waals surface area contributed by atoms with Crippen LogP contribution in [0.5, 0.6) is 0 Å². The Hall–Kier alpha value is -1.35. The lowest BCUT2D eigenvalue weighted by Gasteiger charge is -1.97. The van der Waals surface area contributed by atoms with Gasteiger partial charge in [0.2, 0.25) is 0 Å². The van der Waals surface area contributed by atoms with E-state index in [0.29, 0.717) is 5.69 Å². The molecule has 0 aliphatic carbocycles. The van der Waals surface area contributed by atoms with Gasteiger partial charge >= 0.3 is 0 Å². The maximum absolute atomic E-state index is 5.67. The van der Waals surface area contributed by atoms with Crippen LogP contribution in [-0.4, -0.2) is 9.97 Å². The molecule has 1 aromatic heterocycles. The molecule has 0 saturated carbocycles. The number of para-hydroxylation sites is 1. The van der Waals surface area contributed by atoms with Gasteiger partial charge in [-0.2, -0.15) is 0 Å². The number of nitrogen functional groups attached to an aromatic ring is 1. The second kappa shape index (κ2) is 3.36. The second-order valence-electron chi connectivity index (χ2n) is 2.31. The van der Waals surface area contributed by atoms with E-state index < -0.39 is 0 Å². The van der Waals surface area contributed by atoms with Crippen LogP contribution in [0.3, 0.4) is 0 Å². The van der Waals surface area contributed by atoms with Crippen LogP contribution in [0, 0.1) is 0 Å². The van der Waals surface area contributed by atoms with Crippen LogP contribution in [0.15, 0.2) is 30.7 Å². The summed E-state index contributed by atoms with van der Waals surface area (Å²) in [7, 11) is 0. The van der Waals surface area contributed by atoms with Crippen LogP contribution in [0.1, 0.15) is 0 Å². The molecule has 0 atom stereocenters. The van der Waals surface area contributed by atoms with Gasteiger partial charge in [-0.3, -0.25) is 0 Å². The summed E-state index contributed by atoms with van der Waals surface area (Å²) in [4.78, 5) is 7.93. The maximum Gasteiger partial charge on any atom is 0.116 e. The number of anilines is 1. The number of hydrogen-bond donors (Lipinski definition) is 1. The van der Waals surface area contributed by atoms with Crippen molar-refractivity contribution in [2.75, 3.05) is 5.73 Å². The van der Waals surface area contributed by atoms with E-state index in [9.17, 15) is 0 Å². The minimum Gasteiger partial charge on any atom is -0.397 e. The molecule has 4 heteroatoms. The monoisotopic (exact) mass is 181 g/mol. The van der Waals surface area contributed by atoms with Crippen molar-refractivity contribution in [3.63, 3.8) is 0 Å². The molecule has 1 heterocycles. The summed E-state index contributed by atoms with van der Waals surface area (Å²) in [6.45, 7) is 0. The van der Waals surface area contributed by atoms with Crippen molar-refractivity contribution in [3.8, 4) is 0 Å². The van der Waals surface area contributed by atoms with Gasteiger partial charge in [-0.05, 0) is 6.07 Å². The van der Waals surface area contributed by atoms with Crippen LogP contribution < -0.4 is 5.73 Å². The predicted octanol–water partition coefficient (Wildman–Crippen LogP) is 1.63. The van der Waals surface area contributed by atoms with Gasteiger partial charge in [0.25, 0.3) is 0 Å². The van der Waals surface area contributed by atoms with Gasteiger partial charge < -0.3 is 5.73 Å². The van der Waals surface area contributed by atoms with Crippen LogP contribution in [-0.2, 0) is 0 Å². The number of aromatic nitrogens is 2. The van der Waals surface area contributed by atoms with Crippen molar-refractivity contribution < 1.29 is 0 Å². The van der Waals surface area contributed by atoms with E-state index in [1.807, 2.05) is 18.2 Å². The van der Waals surface area contributed by atoms with Crippen LogP contribution in [0.25, 0.3) is 10.9 Å². The highest BCUT2D eigenvalue weighted by molar-refractivity contribution is 5.88. The molecular formula is C8H8ClN3. The van der Waals surface area contributed by atoms with Crippen molar-refractivity contribution in [3.05, 3.63) is 30.7 Å². The van der Waals surface area contributed by atoms with Gasteiger partial charge in [0.1, 0.15) is 6.33 Å². The number of nitrogens with zero attached hydrogens (tertiary/aromatic N) is 2. The van der Waals surface area contributed by atoms with Gasteiger partial charge in [0.05, 0.1) is 11.2 Å². The first-order chi connectivity index (χ1) is 5.38. The fourth-order valence-corrected chi connectivity index (χ4v) is 1.04. The molecule has 0 spiro atoms. The van der Waals surface area contributed by atoms with E-state index in [4.69, 9.17) is 5.73 Å². The molecule has 0 aliphatic rings. The van der Waals surface area contributed by atoms with Crippen molar-refractivity contribution in [1.29, 1.82) is 0 Å². The van der Waals surface area contributed by atoms with E-state index in [2.05, 4.69) is 9.97 Å². The lowest BCUT2D eigenvalue weighted by atomic mass is 10.2. The average molecular weight is 182 g/mol. The lowest BCUT2D eigenvalue weighted by Crippen LogP contribution is -1.88. The number of benzene rings is 1. The highest BCUT2D eigenvalue weighted by Crippen LogP contribution is 2.15. The van der Waals surface area contributed by atoms with Crippen molar-refractivity contribution in [2.24, 2.45) is 0 Å². The molecule has 2 N–H and O–H groups in total. The molecule has 12 heavy (non-hydrogen) atoms. The number of rotatable bonds is 0. The molecule has 3 nitrogen and oxygen atoms in total. The molecular weight excluding hydrogens is 174 g/mol. The third-order valence-corrected chi connectivity index (χ3v) is 1.57. The molecule has 62 valence electrons. The summed E-state index contributed by atoms with van der Waals surface area (Å²) in [6, 6.07) is 5.65. The Balaban J connectivity index is 0.000000720. The van der Waals surface area contributed by atoms with Crippen LogP contribution in [0.4, 0.5) is 5.69 Å². The molecule has 0 amide bonds. The zero-order chi connectivity index (χ0) is 7.68. The number of hydrogen-bond acceptors (Lipinski definition) is 3. The summed E-state index contributed by atoms with van der Waals surface area (Å²) >= 11 is 0. The predicted molar refractivity (Wildman–Crippen MR) is 51.2 cm³/mol. The van der Waals surface area contributed by atoms with E-state index in [-0.39, 0.29) is 12.4 Å². The Morgan fingerprint density at radius 2 is 2.08 bits per heavy atom. The summed E-state index contributed by atoms with van der Waals surface area (Å²) in [5.74, 6) is 0. The highest BCUT2D eigenvalue weighted by atomic mass is 35.5. The molecule has 0 bridgehead atoms. The first-order valence-corrected chi connectivity index (χ1v) is 3.32. The molecule has 0 saturated heterocycles.